The van der Waals surface area contributed by atoms with Gasteiger partial charge in [-0.2, -0.15) is 0 Å². The number of benzene rings is 2. The molecule has 0 spiro atoms. The first kappa shape index (κ1) is 15.8. The molecule has 4 aromatic rings. The van der Waals surface area contributed by atoms with Crippen LogP contribution in [-0.2, 0) is 0 Å². The van der Waals surface area contributed by atoms with E-state index in [-0.39, 0.29) is 5.91 Å². The van der Waals surface area contributed by atoms with Gasteiger partial charge in [-0.15, -0.1) is 0 Å². The van der Waals surface area contributed by atoms with Crippen LogP contribution in [0.2, 0.25) is 0 Å². The number of hydrogen-bond acceptors (Lipinski definition) is 4. The van der Waals surface area contributed by atoms with E-state index >= 15 is 0 Å². The molecule has 2 heterocycles. The standard InChI is InChI=1S/C20H16N4O2/c1-26-17-5-2-4-15(12-17)19(25)22-16-8-6-14(7-9-16)18-13-24-11-3-10-21-20(24)23-18/h2-13H,1H3,(H,22,25). The van der Waals surface area contributed by atoms with Gasteiger partial charge in [0.15, 0.2) is 0 Å². The lowest BCUT2D eigenvalue weighted by atomic mass is 10.1. The topological polar surface area (TPSA) is 68.5 Å². The van der Waals surface area contributed by atoms with Crippen molar-refractivity contribution >= 4 is 17.4 Å². The Morgan fingerprint density at radius 3 is 2.73 bits per heavy atom. The average molecular weight is 344 g/mol. The number of methoxy groups -OCH3 is 1. The van der Waals surface area contributed by atoms with Gasteiger partial charge in [-0.05, 0) is 36.4 Å². The quantitative estimate of drug-likeness (QED) is 0.613. The minimum Gasteiger partial charge on any atom is -0.497 e. The summed E-state index contributed by atoms with van der Waals surface area (Å²) >= 11 is 0. The summed E-state index contributed by atoms with van der Waals surface area (Å²) in [6.07, 6.45) is 5.54. The minimum absolute atomic E-state index is 0.186. The second-order valence-electron chi connectivity index (χ2n) is 5.72. The van der Waals surface area contributed by atoms with Crippen LogP contribution in [0, 0.1) is 0 Å². The lowest BCUT2D eigenvalue weighted by Crippen LogP contribution is -2.11. The first-order valence-corrected chi connectivity index (χ1v) is 8.08. The zero-order valence-corrected chi connectivity index (χ0v) is 14.1. The fourth-order valence-electron chi connectivity index (χ4n) is 2.66. The van der Waals surface area contributed by atoms with E-state index in [1.807, 2.05) is 47.1 Å². The van der Waals surface area contributed by atoms with E-state index in [9.17, 15) is 4.79 Å². The predicted octanol–water partition coefficient (Wildman–Crippen LogP) is 3.66. The highest BCUT2D eigenvalue weighted by Crippen LogP contribution is 2.21. The minimum atomic E-state index is -0.186. The van der Waals surface area contributed by atoms with Gasteiger partial charge in [0, 0.05) is 35.4 Å². The summed E-state index contributed by atoms with van der Waals surface area (Å²) in [5.41, 5.74) is 3.03. The summed E-state index contributed by atoms with van der Waals surface area (Å²) in [6.45, 7) is 0. The van der Waals surface area contributed by atoms with E-state index in [4.69, 9.17) is 4.74 Å². The Morgan fingerprint density at radius 2 is 1.96 bits per heavy atom. The Morgan fingerprint density at radius 1 is 1.12 bits per heavy atom. The number of hydrogen-bond donors (Lipinski definition) is 1. The van der Waals surface area contributed by atoms with Crippen molar-refractivity contribution in [3.05, 3.63) is 78.8 Å². The average Bonchev–Trinajstić information content (AvgIpc) is 3.13. The zero-order chi connectivity index (χ0) is 17.9. The van der Waals surface area contributed by atoms with Crippen LogP contribution in [0.5, 0.6) is 5.75 Å². The number of aromatic nitrogens is 3. The van der Waals surface area contributed by atoms with Crippen molar-refractivity contribution in [2.24, 2.45) is 0 Å². The maximum Gasteiger partial charge on any atom is 0.255 e. The normalized spacial score (nSPS) is 10.7. The Bertz CT molecular complexity index is 1040. The Kier molecular flexibility index (Phi) is 4.07. The number of rotatable bonds is 4. The molecule has 0 aliphatic rings. The molecule has 4 rings (SSSR count). The van der Waals surface area contributed by atoms with Crippen LogP contribution in [0.15, 0.2) is 73.2 Å². The molecule has 0 unspecified atom stereocenters. The molecule has 0 radical (unpaired) electrons. The lowest BCUT2D eigenvalue weighted by Gasteiger charge is -2.07. The summed E-state index contributed by atoms with van der Waals surface area (Å²) in [4.78, 5) is 21.1. The molecule has 26 heavy (non-hydrogen) atoms. The molecule has 0 saturated carbocycles. The van der Waals surface area contributed by atoms with Crippen LogP contribution in [0.25, 0.3) is 17.0 Å². The molecule has 6 heteroatoms. The van der Waals surface area contributed by atoms with Crippen molar-refractivity contribution in [2.75, 3.05) is 12.4 Å². The third-order valence-electron chi connectivity index (χ3n) is 4.01. The van der Waals surface area contributed by atoms with Crippen molar-refractivity contribution in [3.63, 3.8) is 0 Å². The number of carbonyl (C=O) groups is 1. The molecule has 2 aromatic heterocycles. The van der Waals surface area contributed by atoms with Crippen molar-refractivity contribution in [2.45, 2.75) is 0 Å². The Labute approximate surface area is 150 Å². The number of nitrogens with one attached hydrogen (secondary N) is 1. The first-order valence-electron chi connectivity index (χ1n) is 8.08. The van der Waals surface area contributed by atoms with Gasteiger partial charge in [-0.3, -0.25) is 9.20 Å². The van der Waals surface area contributed by atoms with Crippen molar-refractivity contribution in [3.8, 4) is 17.0 Å². The second kappa shape index (κ2) is 6.68. The van der Waals surface area contributed by atoms with Crippen LogP contribution in [-0.4, -0.2) is 27.4 Å². The lowest BCUT2D eigenvalue weighted by molar-refractivity contribution is 0.102. The molecule has 0 bridgehead atoms. The van der Waals surface area contributed by atoms with E-state index in [1.165, 1.54) is 0 Å². The third-order valence-corrected chi connectivity index (χ3v) is 4.01. The van der Waals surface area contributed by atoms with Gasteiger partial charge in [0.1, 0.15) is 5.75 Å². The molecule has 0 saturated heterocycles. The second-order valence-corrected chi connectivity index (χ2v) is 5.72. The number of fused-ring (bicyclic) bond motifs is 1. The van der Waals surface area contributed by atoms with Crippen molar-refractivity contribution in [1.82, 2.24) is 14.4 Å². The Balaban J connectivity index is 1.53. The molecular formula is C20H16N4O2. The number of ether oxygens (including phenoxy) is 1. The maximum atomic E-state index is 12.4. The van der Waals surface area contributed by atoms with Gasteiger partial charge in [0.2, 0.25) is 5.78 Å². The number of imidazole rings is 1. The molecule has 128 valence electrons. The molecule has 1 amide bonds. The summed E-state index contributed by atoms with van der Waals surface area (Å²) in [7, 11) is 1.57. The molecule has 1 N–H and O–H groups in total. The third kappa shape index (κ3) is 3.12. The van der Waals surface area contributed by atoms with Crippen LogP contribution < -0.4 is 10.1 Å². The summed E-state index contributed by atoms with van der Waals surface area (Å²) in [6, 6.07) is 16.4. The summed E-state index contributed by atoms with van der Waals surface area (Å²) < 4.78 is 7.02. The molecule has 0 fully saturated rings. The number of anilines is 1. The van der Waals surface area contributed by atoms with E-state index < -0.39 is 0 Å². The van der Waals surface area contributed by atoms with E-state index in [0.29, 0.717) is 22.8 Å². The summed E-state index contributed by atoms with van der Waals surface area (Å²) in [5, 5.41) is 2.88. The van der Waals surface area contributed by atoms with E-state index in [0.717, 1.165) is 11.3 Å². The molecule has 0 atom stereocenters. The molecule has 0 aliphatic carbocycles. The largest absolute Gasteiger partial charge is 0.497 e. The highest BCUT2D eigenvalue weighted by molar-refractivity contribution is 6.04. The van der Waals surface area contributed by atoms with Gasteiger partial charge in [-0.25, -0.2) is 9.97 Å². The number of amides is 1. The maximum absolute atomic E-state index is 12.4. The fraction of sp³-hybridized carbons (Fsp3) is 0.0500. The molecule has 0 aliphatic heterocycles. The predicted molar refractivity (Wildman–Crippen MR) is 99.4 cm³/mol. The number of nitrogens with zero attached hydrogens (tertiary/aromatic N) is 3. The first-order chi connectivity index (χ1) is 12.7. The van der Waals surface area contributed by atoms with Gasteiger partial charge < -0.3 is 10.1 Å². The van der Waals surface area contributed by atoms with Gasteiger partial charge in [0.05, 0.1) is 12.8 Å². The zero-order valence-electron chi connectivity index (χ0n) is 14.1. The fourth-order valence-corrected chi connectivity index (χ4v) is 2.66. The van der Waals surface area contributed by atoms with Gasteiger partial charge in [0.25, 0.3) is 5.91 Å². The van der Waals surface area contributed by atoms with Crippen molar-refractivity contribution < 1.29 is 9.53 Å². The van der Waals surface area contributed by atoms with Crippen LogP contribution >= 0.6 is 0 Å². The smallest absolute Gasteiger partial charge is 0.255 e. The van der Waals surface area contributed by atoms with Crippen LogP contribution in [0.3, 0.4) is 0 Å². The van der Waals surface area contributed by atoms with Gasteiger partial charge in [-0.1, -0.05) is 18.2 Å². The molecule has 6 nitrogen and oxygen atoms in total. The van der Waals surface area contributed by atoms with Crippen LogP contribution in [0.1, 0.15) is 10.4 Å². The summed E-state index contributed by atoms with van der Waals surface area (Å²) in [5.74, 6) is 1.11. The van der Waals surface area contributed by atoms with E-state index in [2.05, 4.69) is 15.3 Å². The highest BCUT2D eigenvalue weighted by atomic mass is 16.5. The van der Waals surface area contributed by atoms with Gasteiger partial charge >= 0.3 is 0 Å². The molecular weight excluding hydrogens is 328 g/mol. The highest BCUT2D eigenvalue weighted by Gasteiger charge is 2.08. The number of carbonyl (C=O) groups excluding carboxylic acids is 1. The van der Waals surface area contributed by atoms with E-state index in [1.54, 1.807) is 37.6 Å². The van der Waals surface area contributed by atoms with Crippen LogP contribution in [0.4, 0.5) is 5.69 Å². The molecule has 2 aromatic carbocycles. The monoisotopic (exact) mass is 344 g/mol. The SMILES string of the molecule is COc1cccc(C(=O)Nc2ccc(-c3cn4cccnc4n3)cc2)c1. The van der Waals surface area contributed by atoms with Crippen molar-refractivity contribution in [1.29, 1.82) is 0 Å². The Hall–Kier alpha value is -3.67.